The van der Waals surface area contributed by atoms with Crippen LogP contribution >= 0.6 is 0 Å². The molecule has 1 saturated carbocycles. The first-order valence-corrected chi connectivity index (χ1v) is 10.5. The van der Waals surface area contributed by atoms with E-state index in [4.69, 9.17) is 4.74 Å². The van der Waals surface area contributed by atoms with Gasteiger partial charge in [0.25, 0.3) is 5.91 Å². The number of H-pyrrole nitrogens is 1. The van der Waals surface area contributed by atoms with Gasteiger partial charge in [0.05, 0.1) is 12.1 Å². The molecule has 2 heterocycles. The molecule has 1 aromatic carbocycles. The highest BCUT2D eigenvalue weighted by Gasteiger charge is 2.44. The summed E-state index contributed by atoms with van der Waals surface area (Å²) in [6.07, 6.45) is 1.74. The monoisotopic (exact) mass is 397 g/mol. The van der Waals surface area contributed by atoms with Crippen molar-refractivity contribution >= 4 is 22.7 Å². The number of nitrogens with zero attached hydrogens (tertiary/aromatic N) is 1. The van der Waals surface area contributed by atoms with Crippen LogP contribution in [0, 0.1) is 32.6 Å². The lowest BCUT2D eigenvalue weighted by atomic mass is 9.77. The molecule has 2 amide bonds. The molecule has 6 nitrogen and oxygen atoms in total. The third kappa shape index (κ3) is 3.44. The molecule has 1 saturated heterocycles. The van der Waals surface area contributed by atoms with E-state index in [0.717, 1.165) is 48.0 Å². The number of aryl methyl sites for hydroxylation is 3. The van der Waals surface area contributed by atoms with Gasteiger partial charge in [0.2, 0.25) is 5.91 Å². The number of fused-ring (bicyclic) bond motifs is 2. The van der Waals surface area contributed by atoms with E-state index in [9.17, 15) is 9.59 Å². The normalized spacial score (nSPS) is 26.6. The zero-order chi connectivity index (χ0) is 20.9. The molecule has 156 valence electrons. The lowest BCUT2D eigenvalue weighted by molar-refractivity contribution is -0.121. The van der Waals surface area contributed by atoms with E-state index in [-0.39, 0.29) is 24.0 Å². The number of hydrogen-bond donors (Lipinski definition) is 2. The fourth-order valence-corrected chi connectivity index (χ4v) is 5.42. The van der Waals surface area contributed by atoms with Crippen LogP contribution in [-0.4, -0.2) is 54.0 Å². The van der Waals surface area contributed by atoms with E-state index in [1.54, 1.807) is 14.0 Å². The quantitative estimate of drug-likeness (QED) is 0.836. The second-order valence-electron chi connectivity index (χ2n) is 8.86. The van der Waals surface area contributed by atoms with Crippen molar-refractivity contribution in [1.29, 1.82) is 0 Å². The smallest absolute Gasteiger partial charge is 0.270 e. The molecule has 2 aliphatic rings. The summed E-state index contributed by atoms with van der Waals surface area (Å²) < 4.78 is 5.65. The Morgan fingerprint density at radius 1 is 1.10 bits per heavy atom. The number of nitrogens with one attached hydrogen (secondary N) is 2. The number of ether oxygens (including phenoxy) is 1. The van der Waals surface area contributed by atoms with Crippen molar-refractivity contribution in [2.45, 2.75) is 52.7 Å². The van der Waals surface area contributed by atoms with E-state index in [0.29, 0.717) is 17.5 Å². The highest BCUT2D eigenvalue weighted by Crippen LogP contribution is 2.38. The molecule has 0 radical (unpaired) electrons. The molecule has 29 heavy (non-hydrogen) atoms. The average Bonchev–Trinajstić information content (AvgIpc) is 3.24. The SMILES string of the molecule is CO[C@@H]1C[C@H]2CN(C(=O)c3[nH]c4c(C)ccc(C)c4c3C)C[C@H]2C[C@H]1NC(C)=O. The van der Waals surface area contributed by atoms with Gasteiger partial charge in [-0.05, 0) is 62.1 Å². The Labute approximate surface area is 172 Å². The molecule has 0 bridgehead atoms. The molecule has 0 unspecified atom stereocenters. The van der Waals surface area contributed by atoms with Crippen molar-refractivity contribution in [3.05, 3.63) is 34.5 Å². The Morgan fingerprint density at radius 3 is 2.38 bits per heavy atom. The maximum Gasteiger partial charge on any atom is 0.270 e. The molecule has 2 N–H and O–H groups in total. The van der Waals surface area contributed by atoms with Crippen LogP contribution in [0.3, 0.4) is 0 Å². The molecule has 4 atom stereocenters. The van der Waals surface area contributed by atoms with Crippen LogP contribution in [0.25, 0.3) is 10.9 Å². The van der Waals surface area contributed by atoms with Crippen molar-refractivity contribution in [3.8, 4) is 0 Å². The third-order valence-corrected chi connectivity index (χ3v) is 6.93. The van der Waals surface area contributed by atoms with Gasteiger partial charge in [-0.1, -0.05) is 12.1 Å². The minimum absolute atomic E-state index is 0.00955. The molecule has 6 heteroatoms. The van der Waals surface area contributed by atoms with Crippen LogP contribution in [-0.2, 0) is 9.53 Å². The lowest BCUT2D eigenvalue weighted by Gasteiger charge is -2.37. The number of aromatic amines is 1. The number of hydrogen-bond acceptors (Lipinski definition) is 3. The number of methoxy groups -OCH3 is 1. The summed E-state index contributed by atoms with van der Waals surface area (Å²) in [6.45, 7) is 9.24. The predicted molar refractivity (Wildman–Crippen MR) is 113 cm³/mol. The van der Waals surface area contributed by atoms with Gasteiger partial charge in [-0.3, -0.25) is 9.59 Å². The molecule has 2 aromatic rings. The Kier molecular flexibility index (Phi) is 5.15. The fraction of sp³-hybridized carbons (Fsp3) is 0.565. The Balaban J connectivity index is 1.57. The molecule has 1 aromatic heterocycles. The Hall–Kier alpha value is -2.34. The summed E-state index contributed by atoms with van der Waals surface area (Å²) in [6, 6.07) is 4.23. The largest absolute Gasteiger partial charge is 0.379 e. The number of carbonyl (C=O) groups excluding carboxylic acids is 2. The zero-order valence-electron chi connectivity index (χ0n) is 18.0. The lowest BCUT2D eigenvalue weighted by Crippen LogP contribution is -2.49. The van der Waals surface area contributed by atoms with Crippen LogP contribution in [0.5, 0.6) is 0 Å². The summed E-state index contributed by atoms with van der Waals surface area (Å²) in [4.78, 5) is 30.4. The molecule has 0 spiro atoms. The van der Waals surface area contributed by atoms with Gasteiger partial charge < -0.3 is 19.9 Å². The predicted octanol–water partition coefficient (Wildman–Crippen LogP) is 3.09. The highest BCUT2D eigenvalue weighted by molar-refractivity contribution is 6.02. The van der Waals surface area contributed by atoms with Gasteiger partial charge in [-0.25, -0.2) is 0 Å². The maximum atomic E-state index is 13.4. The number of aromatic nitrogens is 1. The van der Waals surface area contributed by atoms with E-state index < -0.39 is 0 Å². The van der Waals surface area contributed by atoms with Crippen molar-refractivity contribution in [2.24, 2.45) is 11.8 Å². The molecule has 2 fully saturated rings. The van der Waals surface area contributed by atoms with Crippen molar-refractivity contribution in [1.82, 2.24) is 15.2 Å². The maximum absolute atomic E-state index is 13.4. The standard InChI is InChI=1S/C23H31N3O3/c1-12-6-7-13(2)21-20(12)14(3)22(25-21)23(28)26-10-16-8-18(24-15(4)27)19(29-5)9-17(16)11-26/h6-7,16-19,25H,8-11H2,1-5H3,(H,24,27)/t16-,17+,18-,19-/m1/s1. The molecule has 1 aliphatic heterocycles. The molecule has 1 aliphatic carbocycles. The van der Waals surface area contributed by atoms with Gasteiger partial charge in [-0.2, -0.15) is 0 Å². The van der Waals surface area contributed by atoms with E-state index in [1.165, 1.54) is 5.56 Å². The Bertz CT molecular complexity index is 964. The second-order valence-corrected chi connectivity index (χ2v) is 8.86. The third-order valence-electron chi connectivity index (χ3n) is 6.93. The summed E-state index contributed by atoms with van der Waals surface area (Å²) in [5, 5.41) is 4.20. The summed E-state index contributed by atoms with van der Waals surface area (Å²) in [7, 11) is 1.70. The minimum Gasteiger partial charge on any atom is -0.379 e. The number of likely N-dealkylation sites (tertiary alicyclic amines) is 1. The van der Waals surface area contributed by atoms with Crippen LogP contribution < -0.4 is 5.32 Å². The molecular weight excluding hydrogens is 366 g/mol. The van der Waals surface area contributed by atoms with Gasteiger partial charge in [-0.15, -0.1) is 0 Å². The van der Waals surface area contributed by atoms with Crippen LogP contribution in [0.2, 0.25) is 0 Å². The van der Waals surface area contributed by atoms with Gasteiger partial charge >= 0.3 is 0 Å². The van der Waals surface area contributed by atoms with Crippen LogP contribution in [0.4, 0.5) is 0 Å². The first-order valence-electron chi connectivity index (χ1n) is 10.5. The van der Waals surface area contributed by atoms with Gasteiger partial charge in [0, 0.05) is 38.0 Å². The summed E-state index contributed by atoms with van der Waals surface area (Å²) in [5.74, 6) is 0.871. The summed E-state index contributed by atoms with van der Waals surface area (Å²) in [5.41, 5.74) is 5.15. The van der Waals surface area contributed by atoms with Gasteiger partial charge in [0.1, 0.15) is 5.69 Å². The van der Waals surface area contributed by atoms with Gasteiger partial charge in [0.15, 0.2) is 0 Å². The summed E-state index contributed by atoms with van der Waals surface area (Å²) >= 11 is 0. The highest BCUT2D eigenvalue weighted by atomic mass is 16.5. The molecule has 4 rings (SSSR count). The first kappa shape index (κ1) is 20.0. The number of amides is 2. The van der Waals surface area contributed by atoms with E-state index >= 15 is 0 Å². The number of rotatable bonds is 3. The number of carbonyl (C=O) groups is 2. The topological polar surface area (TPSA) is 74.4 Å². The zero-order valence-corrected chi connectivity index (χ0v) is 18.0. The first-order chi connectivity index (χ1) is 13.8. The van der Waals surface area contributed by atoms with Crippen molar-refractivity contribution in [2.75, 3.05) is 20.2 Å². The number of benzene rings is 1. The van der Waals surface area contributed by atoms with Crippen molar-refractivity contribution in [3.63, 3.8) is 0 Å². The second kappa shape index (κ2) is 7.48. The van der Waals surface area contributed by atoms with Crippen LogP contribution in [0.1, 0.15) is 46.9 Å². The Morgan fingerprint density at radius 2 is 1.76 bits per heavy atom. The van der Waals surface area contributed by atoms with Crippen molar-refractivity contribution < 1.29 is 14.3 Å². The molecular formula is C23H31N3O3. The minimum atomic E-state index is -0.0270. The van der Waals surface area contributed by atoms with E-state index in [1.807, 2.05) is 11.8 Å². The van der Waals surface area contributed by atoms with Crippen LogP contribution in [0.15, 0.2) is 12.1 Å². The average molecular weight is 398 g/mol. The van der Waals surface area contributed by atoms with E-state index in [2.05, 4.69) is 36.3 Å². The fourth-order valence-electron chi connectivity index (χ4n) is 5.42.